The van der Waals surface area contributed by atoms with Gasteiger partial charge < -0.3 is 0 Å². The molecule has 0 saturated heterocycles. The van der Waals surface area contributed by atoms with Crippen molar-refractivity contribution in [1.82, 2.24) is 15.0 Å². The molecule has 26 heavy (non-hydrogen) atoms. The predicted octanol–water partition coefficient (Wildman–Crippen LogP) is 5.34. The second-order valence-corrected chi connectivity index (χ2v) is 6.16. The van der Waals surface area contributed by atoms with Gasteiger partial charge in [-0.25, -0.2) is 4.68 Å². The third-order valence-electron chi connectivity index (χ3n) is 3.95. The van der Waals surface area contributed by atoms with Crippen LogP contribution >= 0.6 is 11.6 Å². The molecule has 0 spiro atoms. The lowest BCUT2D eigenvalue weighted by atomic mass is 10.1. The Balaban J connectivity index is 1.57. The standard InChI is InChI=1S/C21H15ClN4/c22-18-8-6-16(7-9-18)14-23-19-10-12-20(13-11-19)26-21(15-24-25-26)17-4-2-1-3-5-17/h1-15H. The Morgan fingerprint density at radius 2 is 1.58 bits per heavy atom. The number of halogens is 1. The molecule has 3 aromatic carbocycles. The van der Waals surface area contributed by atoms with Crippen LogP contribution in [0.25, 0.3) is 16.9 Å². The second-order valence-electron chi connectivity index (χ2n) is 5.72. The summed E-state index contributed by atoms with van der Waals surface area (Å²) >= 11 is 5.89. The maximum Gasteiger partial charge on any atom is 0.0944 e. The smallest absolute Gasteiger partial charge is 0.0944 e. The number of benzene rings is 3. The summed E-state index contributed by atoms with van der Waals surface area (Å²) in [6.45, 7) is 0. The largest absolute Gasteiger partial charge is 0.256 e. The molecule has 0 fully saturated rings. The topological polar surface area (TPSA) is 43.1 Å². The van der Waals surface area contributed by atoms with Gasteiger partial charge >= 0.3 is 0 Å². The summed E-state index contributed by atoms with van der Waals surface area (Å²) in [5.41, 5.74) is 4.82. The van der Waals surface area contributed by atoms with Crippen molar-refractivity contribution in [2.24, 2.45) is 4.99 Å². The van der Waals surface area contributed by atoms with Crippen molar-refractivity contribution in [3.8, 4) is 16.9 Å². The highest BCUT2D eigenvalue weighted by Crippen LogP contribution is 2.22. The average Bonchev–Trinajstić information content (AvgIpc) is 3.18. The van der Waals surface area contributed by atoms with Crippen molar-refractivity contribution in [3.05, 3.63) is 95.6 Å². The third kappa shape index (κ3) is 3.55. The lowest BCUT2D eigenvalue weighted by Crippen LogP contribution is -1.98. The van der Waals surface area contributed by atoms with Gasteiger partial charge in [-0.15, -0.1) is 5.10 Å². The van der Waals surface area contributed by atoms with Crippen LogP contribution < -0.4 is 0 Å². The summed E-state index contributed by atoms with van der Waals surface area (Å²) in [5.74, 6) is 0. The fraction of sp³-hybridized carbons (Fsp3) is 0. The van der Waals surface area contributed by atoms with Crippen molar-refractivity contribution in [2.75, 3.05) is 0 Å². The first kappa shape index (κ1) is 16.2. The molecular formula is C21H15ClN4. The SMILES string of the molecule is Clc1ccc(C=Nc2ccc(-n3nncc3-c3ccccc3)cc2)cc1. The first-order valence-electron chi connectivity index (χ1n) is 8.16. The van der Waals surface area contributed by atoms with Crippen molar-refractivity contribution in [3.63, 3.8) is 0 Å². The number of rotatable bonds is 4. The number of hydrogen-bond donors (Lipinski definition) is 0. The van der Waals surface area contributed by atoms with E-state index < -0.39 is 0 Å². The summed E-state index contributed by atoms with van der Waals surface area (Å²) in [6, 6.07) is 25.5. The summed E-state index contributed by atoms with van der Waals surface area (Å²) in [5, 5.41) is 8.98. The number of aliphatic imine (C=N–C) groups is 1. The average molecular weight is 359 g/mol. The lowest BCUT2D eigenvalue weighted by Gasteiger charge is -2.06. The van der Waals surface area contributed by atoms with Crippen molar-refractivity contribution >= 4 is 23.5 Å². The van der Waals surface area contributed by atoms with E-state index in [0.717, 1.165) is 28.2 Å². The summed E-state index contributed by atoms with van der Waals surface area (Å²) < 4.78 is 1.82. The van der Waals surface area contributed by atoms with Gasteiger partial charge in [0.15, 0.2) is 0 Å². The Hall–Kier alpha value is -3.24. The van der Waals surface area contributed by atoms with Crippen molar-refractivity contribution < 1.29 is 0 Å². The Morgan fingerprint density at radius 3 is 2.31 bits per heavy atom. The number of hydrogen-bond acceptors (Lipinski definition) is 3. The van der Waals surface area contributed by atoms with E-state index in [9.17, 15) is 0 Å². The maximum atomic E-state index is 5.89. The molecule has 4 rings (SSSR count). The molecule has 0 radical (unpaired) electrons. The van der Waals surface area contributed by atoms with Gasteiger partial charge in [-0.1, -0.05) is 59.3 Å². The summed E-state index contributed by atoms with van der Waals surface area (Å²) in [4.78, 5) is 4.50. The molecule has 0 aliphatic carbocycles. The molecule has 0 aliphatic heterocycles. The molecule has 1 aromatic heterocycles. The van der Waals surface area contributed by atoms with Crippen LogP contribution in [0.5, 0.6) is 0 Å². The first-order valence-corrected chi connectivity index (χ1v) is 8.53. The molecule has 0 aliphatic rings. The minimum Gasteiger partial charge on any atom is -0.256 e. The van der Waals surface area contributed by atoms with Crippen LogP contribution in [-0.2, 0) is 0 Å². The zero-order valence-corrected chi connectivity index (χ0v) is 14.6. The minimum atomic E-state index is 0.716. The fourth-order valence-corrected chi connectivity index (χ4v) is 2.74. The molecule has 0 atom stereocenters. The molecule has 5 heteroatoms. The Morgan fingerprint density at radius 1 is 0.846 bits per heavy atom. The van der Waals surface area contributed by atoms with Gasteiger partial charge in [0, 0.05) is 16.8 Å². The highest BCUT2D eigenvalue weighted by atomic mass is 35.5. The molecule has 0 bridgehead atoms. The summed E-state index contributed by atoms with van der Waals surface area (Å²) in [7, 11) is 0. The lowest BCUT2D eigenvalue weighted by molar-refractivity contribution is 0.808. The van der Waals surface area contributed by atoms with E-state index in [4.69, 9.17) is 11.6 Å². The van der Waals surface area contributed by atoms with E-state index in [2.05, 4.69) is 15.3 Å². The molecule has 4 nitrogen and oxygen atoms in total. The Bertz CT molecular complexity index is 1020. The molecule has 126 valence electrons. The van der Waals surface area contributed by atoms with Crippen LogP contribution in [0.3, 0.4) is 0 Å². The van der Waals surface area contributed by atoms with Crippen LogP contribution in [0.2, 0.25) is 5.02 Å². The van der Waals surface area contributed by atoms with Crippen LogP contribution in [0.15, 0.2) is 90.1 Å². The molecule has 1 heterocycles. The van der Waals surface area contributed by atoms with Crippen LogP contribution in [0, 0.1) is 0 Å². The van der Waals surface area contributed by atoms with Gasteiger partial charge in [0.2, 0.25) is 0 Å². The van der Waals surface area contributed by atoms with Crippen molar-refractivity contribution in [1.29, 1.82) is 0 Å². The van der Waals surface area contributed by atoms with E-state index in [1.54, 1.807) is 6.20 Å². The van der Waals surface area contributed by atoms with E-state index in [-0.39, 0.29) is 0 Å². The molecule has 0 saturated carbocycles. The van der Waals surface area contributed by atoms with Gasteiger partial charge in [0.1, 0.15) is 0 Å². The fourth-order valence-electron chi connectivity index (χ4n) is 2.61. The van der Waals surface area contributed by atoms with Gasteiger partial charge in [-0.2, -0.15) is 0 Å². The van der Waals surface area contributed by atoms with E-state index in [1.165, 1.54) is 0 Å². The van der Waals surface area contributed by atoms with Gasteiger partial charge in [-0.05, 0) is 42.0 Å². The maximum absolute atomic E-state index is 5.89. The van der Waals surface area contributed by atoms with Crippen LogP contribution in [0.4, 0.5) is 5.69 Å². The highest BCUT2D eigenvalue weighted by Gasteiger charge is 2.08. The van der Waals surface area contributed by atoms with Crippen LogP contribution in [0.1, 0.15) is 5.56 Å². The van der Waals surface area contributed by atoms with E-state index in [1.807, 2.05) is 89.8 Å². The molecule has 0 N–H and O–H groups in total. The molecule has 0 amide bonds. The molecule has 4 aromatic rings. The normalized spacial score (nSPS) is 11.1. The minimum absolute atomic E-state index is 0.716. The van der Waals surface area contributed by atoms with E-state index in [0.29, 0.717) is 5.02 Å². The highest BCUT2D eigenvalue weighted by molar-refractivity contribution is 6.30. The van der Waals surface area contributed by atoms with Gasteiger partial charge in [0.05, 0.1) is 23.3 Å². The quantitative estimate of drug-likeness (QED) is 0.462. The van der Waals surface area contributed by atoms with E-state index >= 15 is 0 Å². The second kappa shape index (κ2) is 7.33. The first-order chi connectivity index (χ1) is 12.8. The predicted molar refractivity (Wildman–Crippen MR) is 106 cm³/mol. The number of nitrogens with zero attached hydrogens (tertiary/aromatic N) is 4. The van der Waals surface area contributed by atoms with Crippen LogP contribution in [-0.4, -0.2) is 21.2 Å². The number of aromatic nitrogens is 3. The third-order valence-corrected chi connectivity index (χ3v) is 4.20. The monoisotopic (exact) mass is 358 g/mol. The molecule has 0 unspecified atom stereocenters. The zero-order chi connectivity index (χ0) is 17.8. The summed E-state index contributed by atoms with van der Waals surface area (Å²) in [6.07, 6.45) is 3.58. The molecular weight excluding hydrogens is 344 g/mol. The zero-order valence-electron chi connectivity index (χ0n) is 13.8. The Kier molecular flexibility index (Phi) is 4.58. The van der Waals surface area contributed by atoms with Gasteiger partial charge in [-0.3, -0.25) is 4.99 Å². The van der Waals surface area contributed by atoms with Gasteiger partial charge in [0.25, 0.3) is 0 Å². The Labute approximate surface area is 156 Å². The van der Waals surface area contributed by atoms with Crippen molar-refractivity contribution in [2.45, 2.75) is 0 Å².